The first-order valence-corrected chi connectivity index (χ1v) is 30.3. The molecule has 0 aromatic heterocycles. The lowest BCUT2D eigenvalue weighted by Crippen LogP contribution is -2.49. The van der Waals surface area contributed by atoms with Crippen LogP contribution in [0, 0.1) is 10.8 Å². The fraction of sp³-hybridized carbons (Fsp3) is 0.500. The minimum absolute atomic E-state index is 0.0591. The van der Waals surface area contributed by atoms with E-state index in [4.69, 9.17) is 30.8 Å². The quantitative estimate of drug-likeness (QED) is 0.0194. The van der Waals surface area contributed by atoms with Crippen LogP contribution >= 0.6 is 24.0 Å². The van der Waals surface area contributed by atoms with Crippen LogP contribution in [-0.4, -0.2) is 121 Å². The summed E-state index contributed by atoms with van der Waals surface area (Å²) >= 11 is 6.99. The average molecular weight is 1150 g/mol. The summed E-state index contributed by atoms with van der Waals surface area (Å²) in [5, 5.41) is 9.89. The molecule has 4 unspecified atom stereocenters. The Hall–Kier alpha value is -5.45. The number of thioether (sulfide) groups is 1. The number of esters is 1. The Labute approximate surface area is 466 Å². The second-order valence-electron chi connectivity index (χ2n) is 20.3. The van der Waals surface area contributed by atoms with Gasteiger partial charge in [0.15, 0.2) is 28.8 Å². The first kappa shape index (κ1) is 67.7. The highest BCUT2D eigenvalue weighted by Gasteiger charge is 2.42. The Morgan fingerprint density at radius 1 is 0.662 bits per heavy atom. The molecule has 6 N–H and O–H groups in total. The van der Waals surface area contributed by atoms with Gasteiger partial charge in [-0.25, -0.2) is 14.4 Å². The van der Waals surface area contributed by atoms with Crippen molar-refractivity contribution in [3.05, 3.63) is 130 Å². The number of hydrogen-bond donors (Lipinski definition) is 6. The summed E-state index contributed by atoms with van der Waals surface area (Å²) in [6.45, 7) is 20.7. The number of ketones is 2. The van der Waals surface area contributed by atoms with Gasteiger partial charge in [0.25, 0.3) is 20.2 Å². The number of nitrogens with one attached hydrogen (secondary N) is 4. The van der Waals surface area contributed by atoms with Crippen molar-refractivity contribution in [3.8, 4) is 0 Å². The van der Waals surface area contributed by atoms with E-state index in [1.54, 1.807) is 13.8 Å². The Balaban J connectivity index is 2.02. The number of thiocarbonyl (C=S) groups is 1. The van der Waals surface area contributed by atoms with E-state index in [0.29, 0.717) is 36.2 Å². The predicted octanol–water partition coefficient (Wildman–Crippen LogP) is 9.47. The molecule has 2 rings (SSSR count). The highest BCUT2D eigenvalue weighted by Crippen LogP contribution is 2.42. The van der Waals surface area contributed by atoms with Crippen molar-refractivity contribution >= 4 is 78.9 Å². The fourth-order valence-electron chi connectivity index (χ4n) is 8.23. The topological polar surface area (TPSA) is 261 Å². The zero-order valence-corrected chi connectivity index (χ0v) is 49.7. The van der Waals surface area contributed by atoms with Crippen molar-refractivity contribution in [3.63, 3.8) is 0 Å². The molecule has 0 aliphatic heterocycles. The fourth-order valence-corrected chi connectivity index (χ4v) is 9.71. The molecule has 17 nitrogen and oxygen atoms in total. The Morgan fingerprint density at radius 2 is 1.05 bits per heavy atom. The van der Waals surface area contributed by atoms with Gasteiger partial charge in [0.2, 0.25) is 0 Å². The molecule has 21 heteroatoms. The monoisotopic (exact) mass is 1140 g/mol. The zero-order valence-electron chi connectivity index (χ0n) is 46.5. The third-order valence-corrected chi connectivity index (χ3v) is 14.9. The summed E-state index contributed by atoms with van der Waals surface area (Å²) in [5.41, 5.74) is 5.74. The molecule has 2 aliphatic carbocycles. The second-order valence-corrected chi connectivity index (χ2v) is 24.8. The number of carbonyl (C=O) groups excluding carboxylic acids is 5. The van der Waals surface area contributed by atoms with E-state index < -0.39 is 84.9 Å². The molecule has 2 aliphatic rings. The van der Waals surface area contributed by atoms with Crippen LogP contribution in [0.1, 0.15) is 108 Å². The van der Waals surface area contributed by atoms with Gasteiger partial charge in [-0.2, -0.15) is 28.6 Å². The molecule has 0 saturated carbocycles. The minimum atomic E-state index is -4.28. The lowest BCUT2D eigenvalue weighted by molar-refractivity contribution is -0.158. The van der Waals surface area contributed by atoms with Crippen molar-refractivity contribution in [1.29, 1.82) is 0 Å². The van der Waals surface area contributed by atoms with Crippen molar-refractivity contribution in [1.82, 2.24) is 21.3 Å². The zero-order chi connectivity index (χ0) is 58.3. The summed E-state index contributed by atoms with van der Waals surface area (Å²) < 4.78 is 73.6. The van der Waals surface area contributed by atoms with E-state index in [9.17, 15) is 40.8 Å². The number of urea groups is 2. The Bertz CT molecular complexity index is 2750. The van der Waals surface area contributed by atoms with Crippen LogP contribution in [-0.2, 0) is 44.1 Å². The summed E-state index contributed by atoms with van der Waals surface area (Å²) in [5.74, 6) is -2.11. The molecular formula is C56H80N4O13S4. The number of carbonyl (C=O) groups is 5. The molecule has 0 fully saturated rings. The molecule has 0 saturated heterocycles. The van der Waals surface area contributed by atoms with Crippen molar-refractivity contribution < 1.29 is 59.4 Å². The molecule has 0 bridgehead atoms. The molecule has 0 spiro atoms. The molecular weight excluding hydrogens is 1060 g/mol. The normalized spacial score (nSPS) is 19.9. The molecule has 0 aromatic carbocycles. The van der Waals surface area contributed by atoms with Gasteiger partial charge in [0.1, 0.15) is 6.04 Å². The highest BCUT2D eigenvalue weighted by atomic mass is 32.2. The first-order chi connectivity index (χ1) is 35.8. The third kappa shape index (κ3) is 25.3. The van der Waals surface area contributed by atoms with Gasteiger partial charge in [-0.3, -0.25) is 18.7 Å². The van der Waals surface area contributed by atoms with Gasteiger partial charge < -0.3 is 30.7 Å². The molecule has 4 amide bonds. The number of ether oxygens (including phenoxy) is 2. The third-order valence-electron chi connectivity index (χ3n) is 12.4. The lowest BCUT2D eigenvalue weighted by atomic mass is 9.71. The van der Waals surface area contributed by atoms with E-state index >= 15 is 0 Å². The van der Waals surface area contributed by atoms with E-state index in [2.05, 4.69) is 21.3 Å². The minimum Gasteiger partial charge on any atom is -0.473 e. The molecule has 4 atom stereocenters. The maximum absolute atomic E-state index is 13.6. The Morgan fingerprint density at radius 3 is 1.45 bits per heavy atom. The van der Waals surface area contributed by atoms with Gasteiger partial charge in [-0.1, -0.05) is 148 Å². The van der Waals surface area contributed by atoms with E-state index in [-0.39, 0.29) is 42.5 Å². The Kier molecular flexibility index (Phi) is 28.0. The van der Waals surface area contributed by atoms with Crippen LogP contribution in [0.4, 0.5) is 9.59 Å². The summed E-state index contributed by atoms with van der Waals surface area (Å²) in [7, 11) is -8.52. The van der Waals surface area contributed by atoms with Crippen LogP contribution in [0.2, 0.25) is 0 Å². The highest BCUT2D eigenvalue weighted by molar-refractivity contribution is 7.98. The van der Waals surface area contributed by atoms with Crippen LogP contribution < -0.4 is 21.3 Å². The summed E-state index contributed by atoms with van der Waals surface area (Å²) in [4.78, 5) is 65.1. The van der Waals surface area contributed by atoms with E-state index in [1.165, 1.54) is 11.8 Å². The molecule has 0 heterocycles. The van der Waals surface area contributed by atoms with Gasteiger partial charge in [-0.05, 0) is 112 Å². The lowest BCUT2D eigenvalue weighted by Gasteiger charge is -2.37. The molecule has 426 valence electrons. The number of Topliss-reactive ketones (excluding diaryl/α,β-unsaturated/α-hetero) is 2. The molecule has 0 radical (unpaired) electrons. The van der Waals surface area contributed by atoms with Crippen LogP contribution in [0.25, 0.3) is 0 Å². The second kappa shape index (κ2) is 31.8. The molecule has 0 aromatic rings. The predicted molar refractivity (Wildman–Crippen MR) is 312 cm³/mol. The van der Waals surface area contributed by atoms with Crippen LogP contribution in [0.5, 0.6) is 0 Å². The van der Waals surface area contributed by atoms with Gasteiger partial charge in [0, 0.05) is 25.9 Å². The van der Waals surface area contributed by atoms with E-state index in [0.717, 1.165) is 33.4 Å². The van der Waals surface area contributed by atoms with Crippen molar-refractivity contribution in [2.45, 2.75) is 133 Å². The van der Waals surface area contributed by atoms with Gasteiger partial charge in [-0.15, -0.1) is 0 Å². The summed E-state index contributed by atoms with van der Waals surface area (Å²) in [6.07, 6.45) is 29.4. The van der Waals surface area contributed by atoms with Gasteiger partial charge >= 0.3 is 18.0 Å². The standard InChI is InChI=1S/C56H80N4O13S4/c1-13-18-46(60-54(65)58-31-34-77(69,70)71)52(74)73-48-36-56(10,11)44(42(7)50(48)62)28-26-40(5)24-17-22-38(3)20-15-14-19-37(2)21-16-23-39(4)25-27-43-41(6)49(61)47(35-55(43,8)9)72-51(63)45(29-32-75-12)59-53(64)57-30-33-76(66,67)68/h14-17,19-28,45-48H,13,18,29-36H2,1-12H3,(H2,57,59,64)(H2,58,60,65)(H,66,67,68)(H,69,70,71). The van der Waals surface area contributed by atoms with Crippen LogP contribution in [0.3, 0.4) is 0 Å². The number of rotatable bonds is 27. The maximum atomic E-state index is 13.6. The van der Waals surface area contributed by atoms with Crippen molar-refractivity contribution in [2.75, 3.05) is 36.6 Å². The number of allylic oxidation sites excluding steroid dienone is 20. The smallest absolute Gasteiger partial charge is 0.329 e. The molecule has 77 heavy (non-hydrogen) atoms. The van der Waals surface area contributed by atoms with Crippen LogP contribution in [0.15, 0.2) is 130 Å². The number of amides is 4. The first-order valence-electron chi connectivity index (χ1n) is 25.3. The van der Waals surface area contributed by atoms with Crippen molar-refractivity contribution in [2.24, 2.45) is 10.8 Å². The maximum Gasteiger partial charge on any atom is 0.329 e. The van der Waals surface area contributed by atoms with E-state index in [1.807, 2.05) is 154 Å². The summed E-state index contributed by atoms with van der Waals surface area (Å²) in [6, 6.07) is -3.26. The average Bonchev–Trinajstić information content (AvgIpc) is 3.31. The van der Waals surface area contributed by atoms with Gasteiger partial charge in [0.05, 0.1) is 17.5 Å². The number of hydrogen-bond acceptors (Lipinski definition) is 13. The SMILES string of the molecule is CCCC(NC(=O)NCCS(=O)(=O)O)C(=S)OC1CC(C)(C)C(C=CC(C)=CC=CC(C)=CC=CC=C(C)C=CC=C(C)C=CC2=C(C)C(=O)C(OC(=O)C(CCSC)NC(=O)NCCS(=O)(=O)O)CC2(C)C)=C(C)C1=O. The largest absolute Gasteiger partial charge is 0.473 e.